The molecule has 1 amide bonds. The van der Waals surface area contributed by atoms with E-state index in [0.717, 1.165) is 6.07 Å². The van der Waals surface area contributed by atoms with Crippen LogP contribution < -0.4 is 10.1 Å². The molecule has 4 aromatic carbocycles. The normalized spacial score (nSPS) is 11.7. The fourth-order valence-corrected chi connectivity index (χ4v) is 4.97. The Morgan fingerprint density at radius 1 is 0.974 bits per heavy atom. The molecule has 0 fully saturated rings. The van der Waals surface area contributed by atoms with Crippen LogP contribution in [0.2, 0.25) is 10.0 Å². The van der Waals surface area contributed by atoms with E-state index in [0.29, 0.717) is 45.8 Å². The minimum absolute atomic E-state index is 0.0151. The maximum absolute atomic E-state index is 13.2. The van der Waals surface area contributed by atoms with Gasteiger partial charge in [0.2, 0.25) is 0 Å². The largest absolute Gasteiger partial charge is 0.505 e. The van der Waals surface area contributed by atoms with Gasteiger partial charge in [0.05, 0.1) is 27.1 Å². The number of carbonyl (C=O) groups excluding carboxylic acids is 1. The van der Waals surface area contributed by atoms with Gasteiger partial charge in [-0.1, -0.05) is 54.4 Å². The van der Waals surface area contributed by atoms with E-state index in [2.05, 4.69) is 15.5 Å². The van der Waals surface area contributed by atoms with Crippen molar-refractivity contribution in [3.8, 4) is 11.5 Å². The number of aromatic hydroxyl groups is 1. The Balaban J connectivity index is 1.78. The molecule has 39 heavy (non-hydrogen) atoms. The summed E-state index contributed by atoms with van der Waals surface area (Å²) in [6.07, 6.45) is 0.331. The van der Waals surface area contributed by atoms with Crippen LogP contribution in [0.15, 0.2) is 75.8 Å². The molecule has 0 aliphatic carbocycles. The molecular weight excluding hydrogens is 565 g/mol. The summed E-state index contributed by atoms with van der Waals surface area (Å²) in [7, 11) is -4.48. The topological polar surface area (TPSA) is 138 Å². The second kappa shape index (κ2) is 11.6. The summed E-state index contributed by atoms with van der Waals surface area (Å²) in [5, 5.41) is 23.8. The number of phenolic OH excluding ortho intramolecular Hbond substituents is 1. The number of fused-ring (bicyclic) bond motifs is 1. The van der Waals surface area contributed by atoms with Gasteiger partial charge >= 0.3 is 0 Å². The third kappa shape index (κ3) is 6.15. The van der Waals surface area contributed by atoms with Crippen LogP contribution in [-0.2, 0) is 16.5 Å². The lowest BCUT2D eigenvalue weighted by atomic mass is 10.0. The van der Waals surface area contributed by atoms with E-state index in [1.165, 1.54) is 12.1 Å². The maximum Gasteiger partial charge on any atom is 0.294 e. The number of ether oxygens (including phenoxy) is 1. The first-order valence-corrected chi connectivity index (χ1v) is 13.9. The number of phenols is 1. The van der Waals surface area contributed by atoms with Gasteiger partial charge in [-0.05, 0) is 54.6 Å². The summed E-state index contributed by atoms with van der Waals surface area (Å²) in [5.41, 5.74) is 0.932. The Labute approximate surface area is 234 Å². The van der Waals surface area contributed by atoms with E-state index in [1.54, 1.807) is 49.4 Å². The molecule has 4 rings (SSSR count). The van der Waals surface area contributed by atoms with E-state index < -0.39 is 21.8 Å². The second-order valence-electron chi connectivity index (χ2n) is 8.32. The second-order valence-corrected chi connectivity index (χ2v) is 10.6. The lowest BCUT2D eigenvalue weighted by Gasteiger charge is -2.13. The molecule has 12 heteroatoms. The van der Waals surface area contributed by atoms with Crippen molar-refractivity contribution in [3.63, 3.8) is 0 Å². The molecule has 0 aromatic heterocycles. The van der Waals surface area contributed by atoms with Gasteiger partial charge in [0.15, 0.2) is 5.75 Å². The van der Waals surface area contributed by atoms with Gasteiger partial charge in [-0.2, -0.15) is 8.42 Å². The van der Waals surface area contributed by atoms with Gasteiger partial charge in [0, 0.05) is 17.1 Å². The molecule has 202 valence electrons. The maximum atomic E-state index is 13.2. The Morgan fingerprint density at radius 3 is 2.38 bits per heavy atom. The number of carbonyl (C=O) groups is 1. The lowest BCUT2D eigenvalue weighted by molar-refractivity contribution is 0.102. The quantitative estimate of drug-likeness (QED) is 0.142. The third-order valence-corrected chi connectivity index (χ3v) is 7.21. The van der Waals surface area contributed by atoms with Crippen LogP contribution in [0.3, 0.4) is 0 Å². The third-order valence-electron chi connectivity index (χ3n) is 5.77. The molecule has 4 aromatic rings. The van der Waals surface area contributed by atoms with Crippen molar-refractivity contribution in [2.75, 3.05) is 11.9 Å². The molecule has 3 N–H and O–H groups in total. The Bertz CT molecular complexity index is 1720. The smallest absolute Gasteiger partial charge is 0.294 e. The molecule has 0 radical (unpaired) electrons. The van der Waals surface area contributed by atoms with E-state index >= 15 is 0 Å². The summed E-state index contributed by atoms with van der Waals surface area (Å²) in [4.78, 5) is 12.9. The predicted molar refractivity (Wildman–Crippen MR) is 151 cm³/mol. The molecule has 0 atom stereocenters. The van der Waals surface area contributed by atoms with Gasteiger partial charge in [-0.3, -0.25) is 9.35 Å². The number of azo groups is 1. The molecular formula is C27H23Cl2N3O6S. The number of nitrogens with one attached hydrogen (secondary N) is 1. The summed E-state index contributed by atoms with van der Waals surface area (Å²) < 4.78 is 38.1. The Morgan fingerprint density at radius 2 is 1.69 bits per heavy atom. The van der Waals surface area contributed by atoms with E-state index in [4.69, 9.17) is 27.9 Å². The number of halogens is 2. The zero-order chi connectivity index (χ0) is 28.3. The van der Waals surface area contributed by atoms with Crippen molar-refractivity contribution in [1.82, 2.24) is 0 Å². The van der Waals surface area contributed by atoms with Crippen molar-refractivity contribution in [1.29, 1.82) is 0 Å². The predicted octanol–water partition coefficient (Wildman–Crippen LogP) is 7.73. The number of nitrogens with zero attached hydrogens (tertiary/aromatic N) is 2. The van der Waals surface area contributed by atoms with Crippen molar-refractivity contribution in [3.05, 3.63) is 81.8 Å². The Kier molecular flexibility index (Phi) is 8.41. The molecule has 0 heterocycles. The van der Waals surface area contributed by atoms with Crippen molar-refractivity contribution in [2.24, 2.45) is 10.2 Å². The number of hydrogen-bond acceptors (Lipinski definition) is 7. The molecule has 0 saturated carbocycles. The van der Waals surface area contributed by atoms with E-state index in [1.807, 2.05) is 6.92 Å². The number of rotatable bonds is 8. The zero-order valence-corrected chi connectivity index (χ0v) is 23.1. The highest BCUT2D eigenvalue weighted by Gasteiger charge is 2.20. The molecule has 9 nitrogen and oxygen atoms in total. The van der Waals surface area contributed by atoms with E-state index in [-0.39, 0.29) is 26.9 Å². The first-order valence-electron chi connectivity index (χ1n) is 11.7. The van der Waals surface area contributed by atoms with Gasteiger partial charge in [-0.25, -0.2) is 0 Å². The number of hydrogen-bond donors (Lipinski definition) is 3. The van der Waals surface area contributed by atoms with Crippen LogP contribution in [0.4, 0.5) is 17.1 Å². The minimum Gasteiger partial charge on any atom is -0.505 e. The highest BCUT2D eigenvalue weighted by Crippen LogP contribution is 2.41. The van der Waals surface area contributed by atoms with Crippen molar-refractivity contribution < 1.29 is 27.6 Å². The molecule has 0 unspecified atom stereocenters. The highest BCUT2D eigenvalue weighted by molar-refractivity contribution is 7.85. The summed E-state index contributed by atoms with van der Waals surface area (Å²) in [6, 6.07) is 15.6. The molecule has 0 spiro atoms. The Hall–Kier alpha value is -3.70. The first kappa shape index (κ1) is 28.3. The molecule has 0 aliphatic heterocycles. The standard InChI is InChI=1S/C27H23Cl2N3O6S/c1-3-15-11-18(39(35,36)37)14-22(29)24(15)31-32-25-19-8-6-5-7-16(19)12-20(26(25)33)27(34)30-17-9-10-21(28)23(13-17)38-4-2/h5-14,33H,3-4H2,1-2H3,(H,30,34)(H,35,36,37). The molecule has 0 bridgehead atoms. The summed E-state index contributed by atoms with van der Waals surface area (Å²) >= 11 is 12.4. The number of aryl methyl sites for hydroxylation is 1. The van der Waals surface area contributed by atoms with Crippen LogP contribution in [0.5, 0.6) is 11.5 Å². The van der Waals surface area contributed by atoms with Gasteiger partial charge in [-0.15, -0.1) is 10.2 Å². The number of benzene rings is 4. The van der Waals surface area contributed by atoms with Crippen LogP contribution in [0.1, 0.15) is 29.8 Å². The average molecular weight is 588 g/mol. The number of amides is 1. The van der Waals surface area contributed by atoms with Crippen LogP contribution >= 0.6 is 23.2 Å². The van der Waals surface area contributed by atoms with Crippen LogP contribution in [0, 0.1) is 0 Å². The minimum atomic E-state index is -4.48. The molecule has 0 aliphatic rings. The zero-order valence-electron chi connectivity index (χ0n) is 20.8. The summed E-state index contributed by atoms with van der Waals surface area (Å²) in [5.74, 6) is -0.625. The molecule has 0 saturated heterocycles. The summed E-state index contributed by atoms with van der Waals surface area (Å²) in [6.45, 7) is 3.95. The van der Waals surface area contributed by atoms with Gasteiger partial charge in [0.25, 0.3) is 16.0 Å². The fourth-order valence-electron chi connectivity index (χ4n) is 3.90. The number of anilines is 1. The van der Waals surface area contributed by atoms with Crippen molar-refractivity contribution in [2.45, 2.75) is 25.2 Å². The van der Waals surface area contributed by atoms with Gasteiger partial charge in [0.1, 0.15) is 17.1 Å². The fraction of sp³-hybridized carbons (Fsp3) is 0.148. The highest BCUT2D eigenvalue weighted by atomic mass is 35.5. The van der Waals surface area contributed by atoms with Crippen LogP contribution in [-0.4, -0.2) is 30.6 Å². The van der Waals surface area contributed by atoms with Gasteiger partial charge < -0.3 is 15.2 Å². The van der Waals surface area contributed by atoms with E-state index in [9.17, 15) is 22.9 Å². The average Bonchev–Trinajstić information content (AvgIpc) is 2.89. The van der Waals surface area contributed by atoms with Crippen LogP contribution in [0.25, 0.3) is 10.8 Å². The lowest BCUT2D eigenvalue weighted by Crippen LogP contribution is -2.12. The monoisotopic (exact) mass is 587 g/mol. The van der Waals surface area contributed by atoms with Crippen molar-refractivity contribution >= 4 is 67.1 Å². The SMILES string of the molecule is CCOc1cc(NC(=O)c2cc3ccccc3c(N=Nc3c(Cl)cc(S(=O)(=O)O)cc3CC)c2O)ccc1Cl. The first-order chi connectivity index (χ1) is 18.5.